The number of para-hydroxylation sites is 1. The van der Waals surface area contributed by atoms with Gasteiger partial charge in [-0.3, -0.25) is 0 Å². The predicted molar refractivity (Wildman–Crippen MR) is 79.0 cm³/mol. The summed E-state index contributed by atoms with van der Waals surface area (Å²) in [7, 11) is 0. The minimum absolute atomic E-state index is 0.278. The third-order valence-electron chi connectivity index (χ3n) is 3.20. The van der Waals surface area contributed by atoms with Gasteiger partial charge in [0, 0.05) is 18.3 Å². The average molecular weight is 274 g/mol. The molecule has 0 radical (unpaired) electrons. The maximum atomic E-state index is 10.1. The number of aryl methyl sites for hydroxylation is 1. The first kappa shape index (κ1) is 14.6. The number of imidazole rings is 1. The van der Waals surface area contributed by atoms with Crippen LogP contribution < -0.4 is 4.74 Å². The molecule has 4 nitrogen and oxygen atoms in total. The van der Waals surface area contributed by atoms with Crippen molar-refractivity contribution >= 4 is 0 Å². The van der Waals surface area contributed by atoms with Crippen molar-refractivity contribution in [3.63, 3.8) is 0 Å². The molecule has 1 atom stereocenters. The lowest BCUT2D eigenvalue weighted by molar-refractivity contribution is 0.0912. The molecule has 0 bridgehead atoms. The van der Waals surface area contributed by atoms with Crippen molar-refractivity contribution in [3.8, 4) is 5.75 Å². The van der Waals surface area contributed by atoms with Crippen molar-refractivity contribution in [3.05, 3.63) is 48.0 Å². The van der Waals surface area contributed by atoms with Crippen LogP contribution in [0.1, 0.15) is 31.2 Å². The lowest BCUT2D eigenvalue weighted by Crippen LogP contribution is -2.24. The number of nitrogens with zero attached hydrogens (tertiary/aromatic N) is 2. The molecule has 4 heteroatoms. The van der Waals surface area contributed by atoms with Crippen molar-refractivity contribution in [1.82, 2.24) is 9.55 Å². The minimum Gasteiger partial charge on any atom is -0.491 e. The first-order valence-electron chi connectivity index (χ1n) is 6.95. The van der Waals surface area contributed by atoms with E-state index >= 15 is 0 Å². The summed E-state index contributed by atoms with van der Waals surface area (Å²) in [6, 6.07) is 7.81. The summed E-state index contributed by atoms with van der Waals surface area (Å²) in [5.74, 6) is 2.15. The Morgan fingerprint density at radius 3 is 2.75 bits per heavy atom. The highest BCUT2D eigenvalue weighted by Gasteiger charge is 2.12. The van der Waals surface area contributed by atoms with Crippen LogP contribution in [0.15, 0.2) is 36.7 Å². The van der Waals surface area contributed by atoms with Gasteiger partial charge in [0.15, 0.2) is 0 Å². The van der Waals surface area contributed by atoms with E-state index in [-0.39, 0.29) is 6.61 Å². The van der Waals surface area contributed by atoms with E-state index in [1.807, 2.05) is 42.0 Å². The van der Waals surface area contributed by atoms with Gasteiger partial charge in [0.2, 0.25) is 0 Å². The fourth-order valence-electron chi connectivity index (χ4n) is 2.16. The van der Waals surface area contributed by atoms with Crippen molar-refractivity contribution in [2.45, 2.75) is 39.3 Å². The first-order chi connectivity index (χ1) is 9.58. The maximum absolute atomic E-state index is 10.1. The van der Waals surface area contributed by atoms with E-state index in [2.05, 4.69) is 18.8 Å². The third-order valence-corrected chi connectivity index (χ3v) is 3.20. The molecule has 108 valence electrons. The van der Waals surface area contributed by atoms with Gasteiger partial charge in [-0.05, 0) is 18.6 Å². The number of rotatable bonds is 6. The lowest BCUT2D eigenvalue weighted by Gasteiger charge is -2.16. The quantitative estimate of drug-likeness (QED) is 0.881. The van der Waals surface area contributed by atoms with Gasteiger partial charge in [0.1, 0.15) is 24.3 Å². The molecule has 1 unspecified atom stereocenters. The molecule has 1 aromatic carbocycles. The third kappa shape index (κ3) is 3.61. The zero-order valence-electron chi connectivity index (χ0n) is 12.3. The van der Waals surface area contributed by atoms with Crippen LogP contribution in [-0.4, -0.2) is 27.4 Å². The van der Waals surface area contributed by atoms with E-state index in [0.29, 0.717) is 12.5 Å². The fraction of sp³-hybridized carbons (Fsp3) is 0.438. The molecule has 0 saturated heterocycles. The number of hydrogen-bond acceptors (Lipinski definition) is 3. The summed E-state index contributed by atoms with van der Waals surface area (Å²) >= 11 is 0. The van der Waals surface area contributed by atoms with Gasteiger partial charge in [-0.15, -0.1) is 0 Å². The van der Waals surface area contributed by atoms with Crippen LogP contribution in [0.2, 0.25) is 0 Å². The predicted octanol–water partition coefficient (Wildman–Crippen LogP) is 2.75. The van der Waals surface area contributed by atoms with Gasteiger partial charge in [-0.25, -0.2) is 4.98 Å². The standard InChI is InChI=1S/C16H22N2O2/c1-12(2)16-17-8-9-18(16)10-14(19)11-20-15-7-5-4-6-13(15)3/h4-9,12,14,19H,10-11H2,1-3H3. The Labute approximate surface area is 120 Å². The van der Waals surface area contributed by atoms with E-state index < -0.39 is 6.10 Å². The number of aliphatic hydroxyl groups excluding tert-OH is 1. The summed E-state index contributed by atoms with van der Waals surface area (Å²) in [5.41, 5.74) is 1.07. The van der Waals surface area contributed by atoms with Gasteiger partial charge in [0.05, 0.1) is 6.54 Å². The van der Waals surface area contributed by atoms with Crippen LogP contribution in [0, 0.1) is 6.92 Å². The first-order valence-corrected chi connectivity index (χ1v) is 6.95. The van der Waals surface area contributed by atoms with Gasteiger partial charge in [-0.1, -0.05) is 32.0 Å². The minimum atomic E-state index is -0.554. The van der Waals surface area contributed by atoms with Crippen molar-refractivity contribution < 1.29 is 9.84 Å². The van der Waals surface area contributed by atoms with Gasteiger partial charge < -0.3 is 14.4 Å². The monoisotopic (exact) mass is 274 g/mol. The van der Waals surface area contributed by atoms with Crippen LogP contribution in [0.25, 0.3) is 0 Å². The highest BCUT2D eigenvalue weighted by molar-refractivity contribution is 5.31. The Hall–Kier alpha value is -1.81. The molecule has 0 aliphatic heterocycles. The van der Waals surface area contributed by atoms with Crippen molar-refractivity contribution in [1.29, 1.82) is 0 Å². The number of ether oxygens (including phenoxy) is 1. The van der Waals surface area contributed by atoms with Gasteiger partial charge >= 0.3 is 0 Å². The van der Waals surface area contributed by atoms with Crippen molar-refractivity contribution in [2.24, 2.45) is 0 Å². The lowest BCUT2D eigenvalue weighted by atomic mass is 10.2. The second-order valence-electron chi connectivity index (χ2n) is 5.32. The SMILES string of the molecule is Cc1ccccc1OCC(O)Cn1ccnc1C(C)C. The van der Waals surface area contributed by atoms with Crippen LogP contribution in [0.3, 0.4) is 0 Å². The Bertz CT molecular complexity index is 549. The molecule has 2 rings (SSSR count). The zero-order chi connectivity index (χ0) is 14.5. The molecular formula is C16H22N2O2. The summed E-state index contributed by atoms with van der Waals surface area (Å²) in [5, 5.41) is 10.1. The van der Waals surface area contributed by atoms with E-state index in [9.17, 15) is 5.11 Å². The molecular weight excluding hydrogens is 252 g/mol. The Morgan fingerprint density at radius 2 is 2.05 bits per heavy atom. The highest BCUT2D eigenvalue weighted by atomic mass is 16.5. The Kier molecular flexibility index (Phi) is 4.79. The van der Waals surface area contributed by atoms with Crippen LogP contribution in [-0.2, 0) is 6.54 Å². The smallest absolute Gasteiger partial charge is 0.122 e. The van der Waals surface area contributed by atoms with E-state index in [1.165, 1.54) is 0 Å². The summed E-state index contributed by atoms with van der Waals surface area (Å²) in [4.78, 5) is 4.31. The largest absolute Gasteiger partial charge is 0.491 e. The number of benzene rings is 1. The van der Waals surface area contributed by atoms with E-state index in [1.54, 1.807) is 6.20 Å². The summed E-state index contributed by atoms with van der Waals surface area (Å²) < 4.78 is 7.65. The molecule has 20 heavy (non-hydrogen) atoms. The molecule has 2 aromatic rings. The van der Waals surface area contributed by atoms with Crippen LogP contribution in [0.5, 0.6) is 5.75 Å². The van der Waals surface area contributed by atoms with Gasteiger partial charge in [0.25, 0.3) is 0 Å². The number of hydrogen-bond donors (Lipinski definition) is 1. The van der Waals surface area contributed by atoms with Gasteiger partial charge in [-0.2, -0.15) is 0 Å². The molecule has 0 spiro atoms. The van der Waals surface area contributed by atoms with E-state index in [4.69, 9.17) is 4.74 Å². The topological polar surface area (TPSA) is 47.3 Å². The number of aromatic nitrogens is 2. The fourth-order valence-corrected chi connectivity index (χ4v) is 2.16. The molecule has 1 heterocycles. The maximum Gasteiger partial charge on any atom is 0.122 e. The normalized spacial score (nSPS) is 12.7. The number of aliphatic hydroxyl groups is 1. The highest BCUT2D eigenvalue weighted by Crippen LogP contribution is 2.17. The molecule has 0 aliphatic carbocycles. The molecule has 0 amide bonds. The second kappa shape index (κ2) is 6.57. The molecule has 0 saturated carbocycles. The second-order valence-corrected chi connectivity index (χ2v) is 5.32. The Balaban J connectivity index is 1.91. The Morgan fingerprint density at radius 1 is 1.30 bits per heavy atom. The average Bonchev–Trinajstić information content (AvgIpc) is 2.86. The van der Waals surface area contributed by atoms with E-state index in [0.717, 1.165) is 17.1 Å². The molecule has 1 aromatic heterocycles. The van der Waals surface area contributed by atoms with Crippen LogP contribution >= 0.6 is 0 Å². The summed E-state index contributed by atoms with van der Waals surface area (Å²) in [6.45, 7) is 6.96. The van der Waals surface area contributed by atoms with Crippen LogP contribution in [0.4, 0.5) is 0 Å². The molecule has 1 N–H and O–H groups in total. The summed E-state index contributed by atoms with van der Waals surface area (Å²) in [6.07, 6.45) is 3.11. The van der Waals surface area contributed by atoms with Crippen molar-refractivity contribution in [2.75, 3.05) is 6.61 Å². The molecule has 0 aliphatic rings. The molecule has 0 fully saturated rings. The zero-order valence-corrected chi connectivity index (χ0v) is 12.3.